The van der Waals surface area contributed by atoms with Crippen LogP contribution in [0.3, 0.4) is 0 Å². The fourth-order valence-electron chi connectivity index (χ4n) is 1.38. The van der Waals surface area contributed by atoms with E-state index < -0.39 is 0 Å². The predicted octanol–water partition coefficient (Wildman–Crippen LogP) is 3.30. The van der Waals surface area contributed by atoms with Crippen molar-refractivity contribution in [1.82, 2.24) is 5.32 Å². The van der Waals surface area contributed by atoms with Gasteiger partial charge >= 0.3 is 0 Å². The van der Waals surface area contributed by atoms with Gasteiger partial charge in [0, 0.05) is 11.0 Å². The molecule has 1 aromatic rings. The summed E-state index contributed by atoms with van der Waals surface area (Å²) in [5.74, 6) is 2.12. The third-order valence-corrected chi connectivity index (χ3v) is 3.74. The number of nitrogens with one attached hydrogen (secondary N) is 1. The first-order valence-electron chi connectivity index (χ1n) is 5.30. The van der Waals surface area contributed by atoms with Crippen LogP contribution in [0.4, 0.5) is 0 Å². The average Bonchev–Trinajstić information content (AvgIpc) is 2.31. The van der Waals surface area contributed by atoms with Crippen LogP contribution >= 0.6 is 27.7 Å². The van der Waals surface area contributed by atoms with E-state index in [1.165, 1.54) is 17.7 Å². The molecule has 0 spiro atoms. The van der Waals surface area contributed by atoms with Crippen molar-refractivity contribution in [2.45, 2.75) is 13.0 Å². The summed E-state index contributed by atoms with van der Waals surface area (Å²) in [5, 5.41) is 3.43. The van der Waals surface area contributed by atoms with Gasteiger partial charge in [-0.05, 0) is 48.7 Å². The lowest BCUT2D eigenvalue weighted by Crippen LogP contribution is -2.15. The summed E-state index contributed by atoms with van der Waals surface area (Å²) in [7, 11) is 1.69. The Kier molecular flexibility index (Phi) is 6.92. The van der Waals surface area contributed by atoms with E-state index in [-0.39, 0.29) is 0 Å². The van der Waals surface area contributed by atoms with Crippen LogP contribution in [0.2, 0.25) is 0 Å². The molecule has 1 aromatic carbocycles. The van der Waals surface area contributed by atoms with Crippen molar-refractivity contribution in [1.29, 1.82) is 0 Å². The van der Waals surface area contributed by atoms with Gasteiger partial charge in [0.25, 0.3) is 0 Å². The maximum Gasteiger partial charge on any atom is 0.119 e. The van der Waals surface area contributed by atoms with Crippen molar-refractivity contribution in [2.75, 3.05) is 25.7 Å². The molecule has 0 heterocycles. The van der Waals surface area contributed by atoms with E-state index in [0.717, 1.165) is 23.3 Å². The first-order valence-corrected chi connectivity index (χ1v) is 7.48. The minimum atomic E-state index is 0.881. The van der Waals surface area contributed by atoms with Crippen LogP contribution in [0.15, 0.2) is 22.7 Å². The molecule has 0 fully saturated rings. The van der Waals surface area contributed by atoms with Crippen LogP contribution in [0.25, 0.3) is 0 Å². The summed E-state index contributed by atoms with van der Waals surface area (Å²) in [6.45, 7) is 1.94. The van der Waals surface area contributed by atoms with Gasteiger partial charge < -0.3 is 10.1 Å². The highest BCUT2D eigenvalue weighted by Crippen LogP contribution is 2.22. The highest BCUT2D eigenvalue weighted by atomic mass is 79.9. The molecule has 0 atom stereocenters. The fourth-order valence-corrected chi connectivity index (χ4v) is 2.20. The number of methoxy groups -OCH3 is 1. The number of halogens is 1. The van der Waals surface area contributed by atoms with E-state index in [9.17, 15) is 0 Å². The molecule has 0 bridgehead atoms. The van der Waals surface area contributed by atoms with E-state index >= 15 is 0 Å². The lowest BCUT2D eigenvalue weighted by atomic mass is 10.2. The van der Waals surface area contributed by atoms with Crippen molar-refractivity contribution >= 4 is 27.7 Å². The van der Waals surface area contributed by atoms with Gasteiger partial charge in [0.2, 0.25) is 0 Å². The molecule has 1 rings (SSSR count). The molecule has 0 saturated carbocycles. The van der Waals surface area contributed by atoms with Gasteiger partial charge in [-0.15, -0.1) is 0 Å². The minimum absolute atomic E-state index is 0.881. The van der Waals surface area contributed by atoms with Crippen LogP contribution in [0.5, 0.6) is 5.75 Å². The summed E-state index contributed by atoms with van der Waals surface area (Å²) in [5.41, 5.74) is 1.24. The van der Waals surface area contributed by atoms with Crippen molar-refractivity contribution in [3.8, 4) is 5.75 Å². The quantitative estimate of drug-likeness (QED) is 0.781. The standard InChI is InChI=1S/C12H18BrNOS/c1-15-11-4-5-12(13)10(8-11)9-14-6-3-7-16-2/h4-5,8,14H,3,6-7,9H2,1-2H3. The van der Waals surface area contributed by atoms with Crippen molar-refractivity contribution in [3.63, 3.8) is 0 Å². The zero-order valence-electron chi connectivity index (χ0n) is 9.75. The molecule has 0 aliphatic carbocycles. The molecule has 2 nitrogen and oxygen atoms in total. The zero-order chi connectivity index (χ0) is 11.8. The molecule has 0 aliphatic rings. The molecule has 0 radical (unpaired) electrons. The topological polar surface area (TPSA) is 21.3 Å². The Morgan fingerprint density at radius 2 is 2.25 bits per heavy atom. The van der Waals surface area contributed by atoms with Crippen molar-refractivity contribution in [2.24, 2.45) is 0 Å². The molecule has 0 aliphatic heterocycles. The first-order chi connectivity index (χ1) is 7.77. The van der Waals surface area contributed by atoms with Gasteiger partial charge in [-0.1, -0.05) is 15.9 Å². The Morgan fingerprint density at radius 3 is 2.94 bits per heavy atom. The van der Waals surface area contributed by atoms with Gasteiger partial charge in [0.05, 0.1) is 7.11 Å². The minimum Gasteiger partial charge on any atom is -0.497 e. The first kappa shape index (κ1) is 13.9. The number of ether oxygens (including phenoxy) is 1. The SMILES string of the molecule is COc1ccc(Br)c(CNCCCSC)c1. The predicted molar refractivity (Wildman–Crippen MR) is 75.4 cm³/mol. The molecule has 0 unspecified atom stereocenters. The fraction of sp³-hybridized carbons (Fsp3) is 0.500. The third kappa shape index (κ3) is 4.76. The Balaban J connectivity index is 2.40. The highest BCUT2D eigenvalue weighted by Gasteiger charge is 2.01. The number of hydrogen-bond acceptors (Lipinski definition) is 3. The van der Waals surface area contributed by atoms with Crippen molar-refractivity contribution in [3.05, 3.63) is 28.2 Å². The molecular weight excluding hydrogens is 286 g/mol. The second-order valence-corrected chi connectivity index (χ2v) is 5.32. The largest absolute Gasteiger partial charge is 0.497 e. The Bertz CT molecular complexity index is 320. The second-order valence-electron chi connectivity index (χ2n) is 3.48. The molecule has 16 heavy (non-hydrogen) atoms. The highest BCUT2D eigenvalue weighted by molar-refractivity contribution is 9.10. The lowest BCUT2D eigenvalue weighted by molar-refractivity contribution is 0.414. The van der Waals surface area contributed by atoms with Gasteiger partial charge in [-0.2, -0.15) is 11.8 Å². The number of benzene rings is 1. The molecular formula is C12H18BrNOS. The molecule has 1 N–H and O–H groups in total. The summed E-state index contributed by atoms with van der Waals surface area (Å²) in [4.78, 5) is 0. The van der Waals surface area contributed by atoms with Gasteiger partial charge in [-0.25, -0.2) is 0 Å². The second kappa shape index (κ2) is 7.98. The van der Waals surface area contributed by atoms with Crippen LogP contribution in [-0.4, -0.2) is 25.7 Å². The Labute approximate surface area is 110 Å². The van der Waals surface area contributed by atoms with E-state index in [1.807, 2.05) is 23.9 Å². The van der Waals surface area contributed by atoms with Crippen LogP contribution in [-0.2, 0) is 6.54 Å². The molecule has 0 saturated heterocycles. The van der Waals surface area contributed by atoms with E-state index in [2.05, 4.69) is 33.6 Å². The normalized spacial score (nSPS) is 10.4. The zero-order valence-corrected chi connectivity index (χ0v) is 12.2. The van der Waals surface area contributed by atoms with Gasteiger partial charge in [0.1, 0.15) is 5.75 Å². The smallest absolute Gasteiger partial charge is 0.119 e. The monoisotopic (exact) mass is 303 g/mol. The maximum atomic E-state index is 5.20. The van der Waals surface area contributed by atoms with Crippen LogP contribution in [0, 0.1) is 0 Å². The van der Waals surface area contributed by atoms with Crippen molar-refractivity contribution < 1.29 is 4.74 Å². The number of hydrogen-bond donors (Lipinski definition) is 1. The van der Waals surface area contributed by atoms with E-state index in [0.29, 0.717) is 0 Å². The molecule has 0 amide bonds. The van der Waals surface area contributed by atoms with Gasteiger partial charge in [-0.3, -0.25) is 0 Å². The molecule has 4 heteroatoms. The summed E-state index contributed by atoms with van der Waals surface area (Å²) in [6, 6.07) is 6.05. The van der Waals surface area contributed by atoms with Crippen LogP contribution in [0.1, 0.15) is 12.0 Å². The Hall–Kier alpha value is -0.190. The summed E-state index contributed by atoms with van der Waals surface area (Å²) < 4.78 is 6.33. The average molecular weight is 304 g/mol. The lowest BCUT2D eigenvalue weighted by Gasteiger charge is -2.08. The van der Waals surface area contributed by atoms with Gasteiger partial charge in [0.15, 0.2) is 0 Å². The summed E-state index contributed by atoms with van der Waals surface area (Å²) in [6.07, 6.45) is 3.35. The van der Waals surface area contributed by atoms with E-state index in [1.54, 1.807) is 7.11 Å². The molecule has 0 aromatic heterocycles. The van der Waals surface area contributed by atoms with E-state index in [4.69, 9.17) is 4.74 Å². The molecule has 90 valence electrons. The van der Waals surface area contributed by atoms with Crippen LogP contribution < -0.4 is 10.1 Å². The maximum absolute atomic E-state index is 5.20. The number of rotatable bonds is 7. The Morgan fingerprint density at radius 1 is 1.44 bits per heavy atom. The number of thioether (sulfide) groups is 1. The third-order valence-electron chi connectivity index (χ3n) is 2.27. The summed E-state index contributed by atoms with van der Waals surface area (Å²) >= 11 is 5.43.